The molecule has 0 amide bonds. The fourth-order valence-corrected chi connectivity index (χ4v) is 5.54. The standard InChI is InChI=1S/C17H23N5S/c18-20-16(23)22-21-15(14-3-1-2-4-19-14)17-8-11-5-12(9-17)7-13(6-11)10-17/h1-4,11-13H,5-10,18H2,(H2,20,22,23)/b21-15-. The second-order valence-electron chi connectivity index (χ2n) is 7.46. The van der Waals surface area contributed by atoms with Gasteiger partial charge in [-0.3, -0.25) is 15.8 Å². The van der Waals surface area contributed by atoms with E-state index in [4.69, 9.17) is 18.1 Å². The first-order valence-electron chi connectivity index (χ1n) is 8.45. The van der Waals surface area contributed by atoms with Gasteiger partial charge in [-0.1, -0.05) is 6.07 Å². The smallest absolute Gasteiger partial charge is 0.201 e. The molecule has 0 aliphatic heterocycles. The molecule has 4 aliphatic rings. The van der Waals surface area contributed by atoms with Gasteiger partial charge >= 0.3 is 0 Å². The van der Waals surface area contributed by atoms with Crippen LogP contribution in [-0.2, 0) is 0 Å². The quantitative estimate of drug-likeness (QED) is 0.343. The third-order valence-corrected chi connectivity index (χ3v) is 6.06. The van der Waals surface area contributed by atoms with Crippen LogP contribution < -0.4 is 16.7 Å². The van der Waals surface area contributed by atoms with E-state index in [9.17, 15) is 0 Å². The maximum absolute atomic E-state index is 5.36. The molecule has 4 N–H and O–H groups in total. The second-order valence-corrected chi connectivity index (χ2v) is 7.87. The van der Waals surface area contributed by atoms with Gasteiger partial charge in [-0.25, -0.2) is 5.84 Å². The van der Waals surface area contributed by atoms with Crippen LogP contribution in [0.1, 0.15) is 44.2 Å². The molecule has 5 nitrogen and oxygen atoms in total. The fourth-order valence-electron chi connectivity index (χ4n) is 5.49. The van der Waals surface area contributed by atoms with Gasteiger partial charge in [0.1, 0.15) is 0 Å². The Hall–Kier alpha value is -1.53. The third-order valence-electron chi connectivity index (χ3n) is 5.85. The predicted molar refractivity (Wildman–Crippen MR) is 94.4 cm³/mol. The molecule has 0 saturated heterocycles. The van der Waals surface area contributed by atoms with E-state index >= 15 is 0 Å². The molecule has 4 fully saturated rings. The van der Waals surface area contributed by atoms with E-state index in [-0.39, 0.29) is 5.41 Å². The van der Waals surface area contributed by atoms with Gasteiger partial charge in [-0.2, -0.15) is 5.10 Å². The Morgan fingerprint density at radius 3 is 2.35 bits per heavy atom. The summed E-state index contributed by atoms with van der Waals surface area (Å²) in [5.41, 5.74) is 7.52. The van der Waals surface area contributed by atoms with E-state index in [0.29, 0.717) is 5.11 Å². The molecule has 4 bridgehead atoms. The van der Waals surface area contributed by atoms with Crippen molar-refractivity contribution in [3.05, 3.63) is 30.1 Å². The number of aromatic nitrogens is 1. The van der Waals surface area contributed by atoms with Crippen molar-refractivity contribution >= 4 is 23.0 Å². The normalized spacial score (nSPS) is 35.2. The Bertz CT molecular complexity index is 592. The van der Waals surface area contributed by atoms with Crippen LogP contribution in [0.5, 0.6) is 0 Å². The molecule has 23 heavy (non-hydrogen) atoms. The molecule has 5 rings (SSSR count). The molecule has 0 spiro atoms. The van der Waals surface area contributed by atoms with Gasteiger partial charge in [0.25, 0.3) is 0 Å². The predicted octanol–water partition coefficient (Wildman–Crippen LogP) is 2.34. The highest BCUT2D eigenvalue weighted by molar-refractivity contribution is 7.80. The summed E-state index contributed by atoms with van der Waals surface area (Å²) in [4.78, 5) is 4.57. The molecule has 1 aromatic rings. The summed E-state index contributed by atoms with van der Waals surface area (Å²) >= 11 is 5.09. The van der Waals surface area contributed by atoms with Gasteiger partial charge in [-0.15, -0.1) is 0 Å². The van der Waals surface area contributed by atoms with Gasteiger partial charge in [0.15, 0.2) is 0 Å². The number of hydrogen-bond donors (Lipinski definition) is 3. The zero-order chi connectivity index (χ0) is 15.9. The largest absolute Gasteiger partial charge is 0.300 e. The van der Waals surface area contributed by atoms with Crippen LogP contribution in [0.15, 0.2) is 29.5 Å². The minimum Gasteiger partial charge on any atom is -0.300 e. The lowest BCUT2D eigenvalue weighted by Crippen LogP contribution is -2.51. The minimum absolute atomic E-state index is 0.153. The van der Waals surface area contributed by atoms with Crippen LogP contribution in [0.3, 0.4) is 0 Å². The Kier molecular flexibility index (Phi) is 3.81. The lowest BCUT2D eigenvalue weighted by Gasteiger charge is -2.56. The summed E-state index contributed by atoms with van der Waals surface area (Å²) in [6, 6.07) is 6.02. The molecule has 122 valence electrons. The van der Waals surface area contributed by atoms with E-state index in [1.54, 1.807) is 0 Å². The molecule has 0 atom stereocenters. The summed E-state index contributed by atoms with van der Waals surface area (Å²) in [6.07, 6.45) is 9.77. The van der Waals surface area contributed by atoms with Crippen molar-refractivity contribution in [3.8, 4) is 0 Å². The average Bonchev–Trinajstić information content (AvgIpc) is 2.54. The number of nitrogens with zero attached hydrogens (tertiary/aromatic N) is 2. The molecule has 1 aromatic heterocycles. The number of hydrazine groups is 1. The van der Waals surface area contributed by atoms with Crippen molar-refractivity contribution < 1.29 is 0 Å². The van der Waals surface area contributed by atoms with Crippen LogP contribution in [0, 0.1) is 23.2 Å². The van der Waals surface area contributed by atoms with E-state index in [1.807, 2.05) is 18.3 Å². The van der Waals surface area contributed by atoms with Crippen molar-refractivity contribution in [1.29, 1.82) is 0 Å². The van der Waals surface area contributed by atoms with Gasteiger partial charge in [0.05, 0.1) is 11.4 Å². The minimum atomic E-state index is 0.153. The number of thiocarbonyl (C=S) groups is 1. The highest BCUT2D eigenvalue weighted by Crippen LogP contribution is 2.61. The lowest BCUT2D eigenvalue weighted by atomic mass is 9.48. The van der Waals surface area contributed by atoms with E-state index in [2.05, 4.69) is 27.0 Å². The first kappa shape index (κ1) is 15.0. The fraction of sp³-hybridized carbons (Fsp3) is 0.588. The van der Waals surface area contributed by atoms with Crippen LogP contribution in [-0.4, -0.2) is 15.8 Å². The maximum atomic E-state index is 5.36. The molecule has 0 radical (unpaired) electrons. The molecule has 6 heteroatoms. The summed E-state index contributed by atoms with van der Waals surface area (Å²) in [5, 5.41) is 5.01. The maximum Gasteiger partial charge on any atom is 0.201 e. The number of nitrogens with one attached hydrogen (secondary N) is 2. The SMILES string of the molecule is NNC(=S)N/N=C(/c1ccccn1)C12CC3CC(CC(C3)C1)C2. The second kappa shape index (κ2) is 5.83. The Balaban J connectivity index is 1.72. The zero-order valence-corrected chi connectivity index (χ0v) is 14.0. The van der Waals surface area contributed by atoms with Gasteiger partial charge < -0.3 is 0 Å². The molecule has 1 heterocycles. The Morgan fingerprint density at radius 2 is 1.83 bits per heavy atom. The monoisotopic (exact) mass is 329 g/mol. The zero-order valence-electron chi connectivity index (χ0n) is 13.2. The van der Waals surface area contributed by atoms with E-state index in [1.165, 1.54) is 38.5 Å². The summed E-state index contributed by atoms with van der Waals surface area (Å²) < 4.78 is 0. The van der Waals surface area contributed by atoms with Gasteiger partial charge in [0.2, 0.25) is 5.11 Å². The number of hydrazone groups is 1. The average molecular weight is 329 g/mol. The van der Waals surface area contributed by atoms with Crippen LogP contribution in [0.4, 0.5) is 0 Å². The summed E-state index contributed by atoms with van der Waals surface area (Å²) in [5.74, 6) is 7.93. The van der Waals surface area contributed by atoms with E-state index < -0.39 is 0 Å². The Labute approximate surface area is 142 Å². The van der Waals surface area contributed by atoms with Crippen molar-refractivity contribution in [2.24, 2.45) is 34.1 Å². The van der Waals surface area contributed by atoms with Crippen molar-refractivity contribution in [2.45, 2.75) is 38.5 Å². The molecule has 4 aliphatic carbocycles. The number of nitrogens with two attached hydrogens (primary N) is 1. The van der Waals surface area contributed by atoms with E-state index in [0.717, 1.165) is 29.2 Å². The molecule has 4 saturated carbocycles. The van der Waals surface area contributed by atoms with Gasteiger partial charge in [-0.05, 0) is 80.6 Å². The lowest BCUT2D eigenvalue weighted by molar-refractivity contribution is -0.0122. The molecular weight excluding hydrogens is 306 g/mol. The highest BCUT2D eigenvalue weighted by atomic mass is 32.1. The summed E-state index contributed by atoms with van der Waals surface area (Å²) in [7, 11) is 0. The topological polar surface area (TPSA) is 75.3 Å². The number of rotatable bonds is 3. The summed E-state index contributed by atoms with van der Waals surface area (Å²) in [6.45, 7) is 0. The molecule has 0 aromatic carbocycles. The molecular formula is C17H23N5S. The third kappa shape index (κ3) is 2.74. The Morgan fingerprint density at radius 1 is 1.17 bits per heavy atom. The number of hydrogen-bond acceptors (Lipinski definition) is 4. The van der Waals surface area contributed by atoms with Crippen molar-refractivity contribution in [3.63, 3.8) is 0 Å². The van der Waals surface area contributed by atoms with Crippen LogP contribution in [0.25, 0.3) is 0 Å². The van der Waals surface area contributed by atoms with Crippen molar-refractivity contribution in [1.82, 2.24) is 15.8 Å². The molecule has 0 unspecified atom stereocenters. The van der Waals surface area contributed by atoms with Gasteiger partial charge in [0, 0.05) is 11.6 Å². The van der Waals surface area contributed by atoms with Crippen LogP contribution in [0.2, 0.25) is 0 Å². The highest BCUT2D eigenvalue weighted by Gasteiger charge is 2.53. The van der Waals surface area contributed by atoms with Crippen LogP contribution >= 0.6 is 12.2 Å². The first-order chi connectivity index (χ1) is 11.2. The first-order valence-corrected chi connectivity index (χ1v) is 8.85. The van der Waals surface area contributed by atoms with Crippen molar-refractivity contribution in [2.75, 3.05) is 0 Å². The number of pyridine rings is 1.